The summed E-state index contributed by atoms with van der Waals surface area (Å²) in [5, 5.41) is 3.90. The van der Waals surface area contributed by atoms with Gasteiger partial charge in [-0.05, 0) is 49.3 Å². The SMILES string of the molecule is CCN(C(=S)NC(=O)CCc1ccccc1Cl)c1ccccc1. The highest BCUT2D eigenvalue weighted by atomic mass is 35.5. The van der Waals surface area contributed by atoms with Crippen LogP contribution in [-0.4, -0.2) is 17.6 Å². The van der Waals surface area contributed by atoms with Gasteiger partial charge in [-0.3, -0.25) is 4.79 Å². The molecule has 23 heavy (non-hydrogen) atoms. The second-order valence-corrected chi connectivity index (χ2v) is 5.82. The van der Waals surface area contributed by atoms with Gasteiger partial charge in [0.25, 0.3) is 0 Å². The number of anilines is 1. The second-order valence-electron chi connectivity index (χ2n) is 5.02. The van der Waals surface area contributed by atoms with Crippen LogP contribution >= 0.6 is 23.8 Å². The molecule has 0 saturated carbocycles. The maximum absolute atomic E-state index is 12.1. The summed E-state index contributed by atoms with van der Waals surface area (Å²) in [5.41, 5.74) is 1.93. The van der Waals surface area contributed by atoms with Gasteiger partial charge in [-0.2, -0.15) is 0 Å². The summed E-state index contributed by atoms with van der Waals surface area (Å²) in [7, 11) is 0. The summed E-state index contributed by atoms with van der Waals surface area (Å²) in [4.78, 5) is 14.0. The normalized spacial score (nSPS) is 10.2. The number of hydrogen-bond acceptors (Lipinski definition) is 2. The van der Waals surface area contributed by atoms with Crippen molar-refractivity contribution in [3.05, 3.63) is 65.2 Å². The van der Waals surface area contributed by atoms with E-state index >= 15 is 0 Å². The Kier molecular flexibility index (Phi) is 6.56. The van der Waals surface area contributed by atoms with Crippen molar-refractivity contribution in [2.45, 2.75) is 19.8 Å². The van der Waals surface area contributed by atoms with Gasteiger partial charge in [0.15, 0.2) is 5.11 Å². The Morgan fingerprint density at radius 1 is 1.13 bits per heavy atom. The van der Waals surface area contributed by atoms with Gasteiger partial charge >= 0.3 is 0 Å². The van der Waals surface area contributed by atoms with Crippen molar-refractivity contribution in [3.63, 3.8) is 0 Å². The number of nitrogens with zero attached hydrogens (tertiary/aromatic N) is 1. The van der Waals surface area contributed by atoms with E-state index in [9.17, 15) is 4.79 Å². The summed E-state index contributed by atoms with van der Waals surface area (Å²) < 4.78 is 0. The van der Waals surface area contributed by atoms with E-state index in [0.29, 0.717) is 29.5 Å². The molecule has 0 aliphatic heterocycles. The molecule has 0 aliphatic rings. The summed E-state index contributed by atoms with van der Waals surface area (Å²) in [6.45, 7) is 2.68. The number of amides is 1. The zero-order valence-corrected chi connectivity index (χ0v) is 14.5. The minimum Gasteiger partial charge on any atom is -0.319 e. The Labute approximate surface area is 147 Å². The Morgan fingerprint density at radius 3 is 2.43 bits per heavy atom. The van der Waals surface area contributed by atoms with Gasteiger partial charge in [-0.25, -0.2) is 0 Å². The molecule has 0 fully saturated rings. The van der Waals surface area contributed by atoms with Gasteiger partial charge in [0.1, 0.15) is 0 Å². The minimum absolute atomic E-state index is 0.107. The topological polar surface area (TPSA) is 32.3 Å². The lowest BCUT2D eigenvalue weighted by atomic mass is 10.1. The van der Waals surface area contributed by atoms with Crippen molar-refractivity contribution in [1.82, 2.24) is 5.32 Å². The number of halogens is 1. The van der Waals surface area contributed by atoms with Crippen LogP contribution in [0.4, 0.5) is 5.69 Å². The Morgan fingerprint density at radius 2 is 1.78 bits per heavy atom. The smallest absolute Gasteiger partial charge is 0.226 e. The molecule has 1 amide bonds. The third-order valence-corrected chi connectivity index (χ3v) is 4.15. The van der Waals surface area contributed by atoms with E-state index in [-0.39, 0.29) is 5.91 Å². The molecule has 0 spiro atoms. The summed E-state index contributed by atoms with van der Waals surface area (Å²) in [6, 6.07) is 17.3. The number of benzene rings is 2. The molecule has 5 heteroatoms. The molecule has 0 aliphatic carbocycles. The summed E-state index contributed by atoms with van der Waals surface area (Å²) in [5.74, 6) is -0.107. The number of thiocarbonyl (C=S) groups is 1. The zero-order valence-electron chi connectivity index (χ0n) is 13.0. The van der Waals surface area contributed by atoms with Crippen LogP contribution in [-0.2, 0) is 11.2 Å². The zero-order chi connectivity index (χ0) is 16.7. The number of rotatable bonds is 5. The predicted molar refractivity (Wildman–Crippen MR) is 100.0 cm³/mol. The first-order chi connectivity index (χ1) is 11.1. The van der Waals surface area contributed by atoms with Gasteiger partial charge in [0.05, 0.1) is 0 Å². The molecule has 0 unspecified atom stereocenters. The Balaban J connectivity index is 1.91. The van der Waals surface area contributed by atoms with Crippen molar-refractivity contribution < 1.29 is 4.79 Å². The van der Waals surface area contributed by atoms with Gasteiger partial charge in [0.2, 0.25) is 5.91 Å². The monoisotopic (exact) mass is 346 g/mol. The quantitative estimate of drug-likeness (QED) is 0.823. The highest BCUT2D eigenvalue weighted by Crippen LogP contribution is 2.17. The van der Waals surface area contributed by atoms with E-state index in [1.54, 1.807) is 0 Å². The molecule has 1 N–H and O–H groups in total. The van der Waals surface area contributed by atoms with Crippen molar-refractivity contribution >= 4 is 40.5 Å². The Bertz CT molecular complexity index is 676. The maximum Gasteiger partial charge on any atom is 0.226 e. The number of aryl methyl sites for hydroxylation is 1. The molecule has 0 saturated heterocycles. The van der Waals surface area contributed by atoms with E-state index < -0.39 is 0 Å². The lowest BCUT2D eigenvalue weighted by Crippen LogP contribution is -2.42. The third kappa shape index (κ3) is 5.05. The molecule has 0 heterocycles. The lowest BCUT2D eigenvalue weighted by Gasteiger charge is -2.23. The van der Waals surface area contributed by atoms with Crippen LogP contribution in [0, 0.1) is 0 Å². The first-order valence-electron chi connectivity index (χ1n) is 7.51. The second kappa shape index (κ2) is 8.65. The first kappa shape index (κ1) is 17.4. The highest BCUT2D eigenvalue weighted by molar-refractivity contribution is 7.80. The van der Waals surface area contributed by atoms with Crippen LogP contribution in [0.25, 0.3) is 0 Å². The molecule has 2 rings (SSSR count). The first-order valence-corrected chi connectivity index (χ1v) is 8.30. The molecule has 120 valence electrons. The van der Waals surface area contributed by atoms with Gasteiger partial charge in [0, 0.05) is 23.7 Å². The standard InChI is InChI=1S/C18H19ClN2OS/c1-2-21(15-9-4-3-5-10-15)18(23)20-17(22)13-12-14-8-6-7-11-16(14)19/h3-11H,2,12-13H2,1H3,(H,20,22,23). The van der Waals surface area contributed by atoms with E-state index in [1.165, 1.54) is 0 Å². The number of nitrogens with one attached hydrogen (secondary N) is 1. The van der Waals surface area contributed by atoms with E-state index in [0.717, 1.165) is 11.3 Å². The molecule has 0 atom stereocenters. The predicted octanol–water partition coefficient (Wildman–Crippen LogP) is 4.20. The molecular formula is C18H19ClN2OS. The van der Waals surface area contributed by atoms with Crippen molar-refractivity contribution in [2.24, 2.45) is 0 Å². The number of para-hydroxylation sites is 1. The van der Waals surface area contributed by atoms with E-state index in [4.69, 9.17) is 23.8 Å². The third-order valence-electron chi connectivity index (χ3n) is 3.45. The minimum atomic E-state index is -0.107. The van der Waals surface area contributed by atoms with Crippen molar-refractivity contribution in [1.29, 1.82) is 0 Å². The molecule has 0 radical (unpaired) electrons. The average molecular weight is 347 g/mol. The Hall–Kier alpha value is -1.91. The maximum atomic E-state index is 12.1. The fraction of sp³-hybridized carbons (Fsp3) is 0.222. The van der Waals surface area contributed by atoms with Crippen molar-refractivity contribution in [3.8, 4) is 0 Å². The summed E-state index contributed by atoms with van der Waals surface area (Å²) in [6.07, 6.45) is 0.932. The number of carbonyl (C=O) groups excluding carboxylic acids is 1. The van der Waals surface area contributed by atoms with Crippen LogP contribution in [0.1, 0.15) is 18.9 Å². The van der Waals surface area contributed by atoms with Crippen LogP contribution in [0.3, 0.4) is 0 Å². The van der Waals surface area contributed by atoms with Gasteiger partial charge in [-0.1, -0.05) is 48.0 Å². The number of carbonyl (C=O) groups is 1. The molecule has 0 aromatic heterocycles. The lowest BCUT2D eigenvalue weighted by molar-refractivity contribution is -0.119. The van der Waals surface area contributed by atoms with Gasteiger partial charge in [-0.15, -0.1) is 0 Å². The van der Waals surface area contributed by atoms with Crippen LogP contribution < -0.4 is 10.2 Å². The molecule has 2 aromatic carbocycles. The van der Waals surface area contributed by atoms with Gasteiger partial charge < -0.3 is 10.2 Å². The molecule has 0 bridgehead atoms. The van der Waals surface area contributed by atoms with Crippen molar-refractivity contribution in [2.75, 3.05) is 11.4 Å². The van der Waals surface area contributed by atoms with E-state index in [1.807, 2.05) is 66.4 Å². The van der Waals surface area contributed by atoms with Crippen LogP contribution in [0.15, 0.2) is 54.6 Å². The average Bonchev–Trinajstić information content (AvgIpc) is 2.56. The van der Waals surface area contributed by atoms with E-state index in [2.05, 4.69) is 5.32 Å². The molecular weight excluding hydrogens is 328 g/mol. The largest absolute Gasteiger partial charge is 0.319 e. The highest BCUT2D eigenvalue weighted by Gasteiger charge is 2.13. The van der Waals surface area contributed by atoms with Crippen LogP contribution in [0.2, 0.25) is 5.02 Å². The molecule has 2 aromatic rings. The summed E-state index contributed by atoms with van der Waals surface area (Å²) >= 11 is 11.5. The molecule has 3 nitrogen and oxygen atoms in total. The number of hydrogen-bond donors (Lipinski definition) is 1. The fourth-order valence-electron chi connectivity index (χ4n) is 2.25. The van der Waals surface area contributed by atoms with Crippen LogP contribution in [0.5, 0.6) is 0 Å². The fourth-order valence-corrected chi connectivity index (χ4v) is 2.83.